The van der Waals surface area contributed by atoms with Crippen molar-refractivity contribution in [3.8, 4) is 11.8 Å². The topological polar surface area (TPSA) is 82.3 Å². The van der Waals surface area contributed by atoms with E-state index in [4.69, 9.17) is 10.00 Å². The lowest BCUT2D eigenvalue weighted by Crippen LogP contribution is -2.46. The Hall–Kier alpha value is -1.71. The maximum atomic E-state index is 12.1. The number of carbonyl (C=O) groups is 1. The molecule has 2 N–H and O–H groups in total. The van der Waals surface area contributed by atoms with Gasteiger partial charge in [0.2, 0.25) is 0 Å². The molecule has 5 nitrogen and oxygen atoms in total. The van der Waals surface area contributed by atoms with E-state index in [1.165, 1.54) is 11.8 Å². The van der Waals surface area contributed by atoms with Crippen LogP contribution in [-0.2, 0) is 4.79 Å². The van der Waals surface area contributed by atoms with Crippen LogP contribution in [0.4, 0.5) is 0 Å². The van der Waals surface area contributed by atoms with Crippen LogP contribution in [0.15, 0.2) is 24.3 Å². The van der Waals surface area contributed by atoms with Gasteiger partial charge in [-0.3, -0.25) is 4.79 Å². The monoisotopic (exact) mass is 308 g/mol. The number of hydrogen-bond donors (Lipinski definition) is 2. The highest BCUT2D eigenvalue weighted by molar-refractivity contribution is 7.99. The van der Waals surface area contributed by atoms with Gasteiger partial charge in [0.1, 0.15) is 11.8 Å². The molecule has 0 aromatic heterocycles. The van der Waals surface area contributed by atoms with Crippen molar-refractivity contribution < 1.29 is 14.6 Å². The molecule has 0 saturated heterocycles. The van der Waals surface area contributed by atoms with E-state index in [1.807, 2.05) is 19.2 Å². The van der Waals surface area contributed by atoms with Crippen LogP contribution < -0.4 is 10.1 Å². The lowest BCUT2D eigenvalue weighted by Gasteiger charge is -2.23. The Morgan fingerprint density at radius 1 is 1.48 bits per heavy atom. The molecule has 3 atom stereocenters. The Balaban J connectivity index is 2.65. The van der Waals surface area contributed by atoms with Crippen molar-refractivity contribution in [2.24, 2.45) is 0 Å². The fraction of sp³-hybridized carbons (Fsp3) is 0.467. The summed E-state index contributed by atoms with van der Waals surface area (Å²) >= 11 is 1.49. The number of aliphatic hydroxyl groups is 1. The number of para-hydroxylation sites is 1. The van der Waals surface area contributed by atoms with Gasteiger partial charge in [0.15, 0.2) is 6.10 Å². The SMILES string of the molecule is CSC(CO)C(C)NC(=O)C(C)Oc1ccccc1C#N. The number of benzene rings is 1. The largest absolute Gasteiger partial charge is 0.480 e. The first-order valence-electron chi connectivity index (χ1n) is 6.63. The predicted octanol–water partition coefficient (Wildman–Crippen LogP) is 1.55. The van der Waals surface area contributed by atoms with Gasteiger partial charge in [0, 0.05) is 11.3 Å². The van der Waals surface area contributed by atoms with Gasteiger partial charge in [-0.1, -0.05) is 12.1 Å². The molecule has 1 aromatic carbocycles. The summed E-state index contributed by atoms with van der Waals surface area (Å²) in [6.45, 7) is 3.46. The van der Waals surface area contributed by atoms with Crippen LogP contribution in [0.2, 0.25) is 0 Å². The summed E-state index contributed by atoms with van der Waals surface area (Å²) in [4.78, 5) is 12.1. The van der Waals surface area contributed by atoms with Gasteiger partial charge >= 0.3 is 0 Å². The highest BCUT2D eigenvalue weighted by Gasteiger charge is 2.22. The van der Waals surface area contributed by atoms with Gasteiger partial charge in [-0.15, -0.1) is 0 Å². The number of hydrogen-bond acceptors (Lipinski definition) is 5. The number of aliphatic hydroxyl groups excluding tert-OH is 1. The molecular weight excluding hydrogens is 288 g/mol. The third kappa shape index (κ3) is 4.96. The fourth-order valence-corrected chi connectivity index (χ4v) is 2.40. The van der Waals surface area contributed by atoms with Crippen molar-refractivity contribution >= 4 is 17.7 Å². The quantitative estimate of drug-likeness (QED) is 0.798. The van der Waals surface area contributed by atoms with Crippen LogP contribution in [0.3, 0.4) is 0 Å². The first kappa shape index (κ1) is 17.3. The minimum atomic E-state index is -0.719. The summed E-state index contributed by atoms with van der Waals surface area (Å²) in [5, 5.41) is 21.0. The number of nitriles is 1. The molecule has 114 valence electrons. The summed E-state index contributed by atoms with van der Waals surface area (Å²) in [5.41, 5.74) is 0.391. The second-order valence-corrected chi connectivity index (χ2v) is 5.70. The summed E-state index contributed by atoms with van der Waals surface area (Å²) in [6, 6.07) is 8.63. The molecule has 21 heavy (non-hydrogen) atoms. The lowest BCUT2D eigenvalue weighted by molar-refractivity contribution is -0.127. The smallest absolute Gasteiger partial charge is 0.261 e. The number of rotatable bonds is 7. The molecule has 0 radical (unpaired) electrons. The first-order chi connectivity index (χ1) is 10.0. The first-order valence-corrected chi connectivity index (χ1v) is 7.92. The van der Waals surface area contributed by atoms with Crippen molar-refractivity contribution in [1.82, 2.24) is 5.32 Å². The lowest BCUT2D eigenvalue weighted by atomic mass is 10.2. The molecule has 0 aliphatic rings. The van der Waals surface area contributed by atoms with E-state index in [2.05, 4.69) is 5.32 Å². The molecule has 6 heteroatoms. The Kier molecular flexibility index (Phi) is 7.06. The van der Waals surface area contributed by atoms with Crippen molar-refractivity contribution in [3.05, 3.63) is 29.8 Å². The summed E-state index contributed by atoms with van der Waals surface area (Å²) in [7, 11) is 0. The molecule has 0 bridgehead atoms. The summed E-state index contributed by atoms with van der Waals surface area (Å²) in [6.07, 6.45) is 1.16. The van der Waals surface area contributed by atoms with Crippen LogP contribution in [-0.4, -0.2) is 41.3 Å². The standard InChI is InChI=1S/C15H20N2O3S/c1-10(14(9-18)21-3)17-15(19)11(2)20-13-7-5-4-6-12(13)8-16/h4-7,10-11,14,18H,9H2,1-3H3,(H,17,19). The zero-order valence-electron chi connectivity index (χ0n) is 12.4. The second-order valence-electron chi connectivity index (χ2n) is 4.62. The summed E-state index contributed by atoms with van der Waals surface area (Å²) in [5.74, 6) is 0.113. The third-order valence-electron chi connectivity index (χ3n) is 3.09. The van der Waals surface area contributed by atoms with E-state index in [0.29, 0.717) is 11.3 Å². The Labute approximate surface area is 129 Å². The molecule has 0 aliphatic heterocycles. The molecule has 1 amide bonds. The highest BCUT2D eigenvalue weighted by atomic mass is 32.2. The van der Waals surface area contributed by atoms with Crippen LogP contribution >= 0.6 is 11.8 Å². The van der Waals surface area contributed by atoms with E-state index in [0.717, 1.165) is 0 Å². The van der Waals surface area contributed by atoms with Gasteiger partial charge in [-0.2, -0.15) is 17.0 Å². The molecule has 0 saturated carbocycles. The molecule has 3 unspecified atom stereocenters. The van der Waals surface area contributed by atoms with E-state index in [-0.39, 0.29) is 23.8 Å². The molecular formula is C15H20N2O3S. The molecule has 0 aliphatic carbocycles. The number of nitrogens with zero attached hydrogens (tertiary/aromatic N) is 1. The minimum Gasteiger partial charge on any atom is -0.480 e. The van der Waals surface area contributed by atoms with Crippen molar-refractivity contribution in [2.75, 3.05) is 12.9 Å². The van der Waals surface area contributed by atoms with Gasteiger partial charge < -0.3 is 15.2 Å². The fourth-order valence-electron chi connectivity index (χ4n) is 1.78. The Morgan fingerprint density at radius 2 is 2.14 bits per heavy atom. The minimum absolute atomic E-state index is 0.00484. The van der Waals surface area contributed by atoms with E-state index < -0.39 is 6.10 Å². The summed E-state index contributed by atoms with van der Waals surface area (Å²) < 4.78 is 5.54. The van der Waals surface area contributed by atoms with Gasteiger partial charge in [-0.05, 0) is 32.2 Å². The highest BCUT2D eigenvalue weighted by Crippen LogP contribution is 2.18. The van der Waals surface area contributed by atoms with E-state index in [9.17, 15) is 9.90 Å². The zero-order valence-corrected chi connectivity index (χ0v) is 13.2. The number of ether oxygens (including phenoxy) is 1. The van der Waals surface area contributed by atoms with Crippen LogP contribution in [0.5, 0.6) is 5.75 Å². The average molecular weight is 308 g/mol. The van der Waals surface area contributed by atoms with Crippen LogP contribution in [0.25, 0.3) is 0 Å². The van der Waals surface area contributed by atoms with Crippen molar-refractivity contribution in [3.63, 3.8) is 0 Å². The van der Waals surface area contributed by atoms with Gasteiger partial charge in [-0.25, -0.2) is 0 Å². The molecule has 1 rings (SSSR count). The maximum Gasteiger partial charge on any atom is 0.261 e. The predicted molar refractivity (Wildman–Crippen MR) is 83.2 cm³/mol. The van der Waals surface area contributed by atoms with Crippen molar-refractivity contribution in [1.29, 1.82) is 5.26 Å². The third-order valence-corrected chi connectivity index (χ3v) is 4.25. The van der Waals surface area contributed by atoms with Gasteiger partial charge in [0.25, 0.3) is 5.91 Å². The van der Waals surface area contributed by atoms with E-state index in [1.54, 1.807) is 31.2 Å². The Morgan fingerprint density at radius 3 is 2.71 bits per heavy atom. The van der Waals surface area contributed by atoms with Crippen LogP contribution in [0.1, 0.15) is 19.4 Å². The number of carbonyl (C=O) groups excluding carboxylic acids is 1. The molecule has 1 aromatic rings. The average Bonchev–Trinajstić information content (AvgIpc) is 2.48. The maximum absolute atomic E-state index is 12.1. The number of thioether (sulfide) groups is 1. The Bertz CT molecular complexity index is 512. The van der Waals surface area contributed by atoms with Gasteiger partial charge in [0.05, 0.1) is 12.2 Å². The van der Waals surface area contributed by atoms with Crippen molar-refractivity contribution in [2.45, 2.75) is 31.2 Å². The van der Waals surface area contributed by atoms with E-state index >= 15 is 0 Å². The molecule has 0 heterocycles. The number of amides is 1. The normalized spacial score (nSPS) is 14.6. The van der Waals surface area contributed by atoms with Crippen LogP contribution in [0, 0.1) is 11.3 Å². The zero-order chi connectivity index (χ0) is 15.8. The second kappa shape index (κ2) is 8.55. The molecule has 0 fully saturated rings. The molecule has 0 spiro atoms. The number of nitrogens with one attached hydrogen (secondary N) is 1.